The second kappa shape index (κ2) is 9.13. The molecule has 0 saturated heterocycles. The van der Waals surface area contributed by atoms with E-state index < -0.39 is 12.0 Å². The lowest BCUT2D eigenvalue weighted by molar-refractivity contribution is -0.137. The molecule has 0 aliphatic rings. The molecule has 1 atom stereocenters. The van der Waals surface area contributed by atoms with Gasteiger partial charge in [-0.3, -0.25) is 9.59 Å². The molecule has 1 aromatic carbocycles. The molecule has 0 radical (unpaired) electrons. The van der Waals surface area contributed by atoms with E-state index in [0.29, 0.717) is 6.54 Å². The molecule has 0 spiro atoms. The quantitative estimate of drug-likeness (QED) is 0.678. The minimum atomic E-state index is -0.927. The number of aryl methyl sites for hydroxylation is 1. The number of carbonyl (C=O) groups excluding carboxylic acids is 1. The van der Waals surface area contributed by atoms with Gasteiger partial charge in [0, 0.05) is 20.0 Å². The smallest absolute Gasteiger partial charge is 0.303 e. The summed E-state index contributed by atoms with van der Waals surface area (Å²) >= 11 is 0. The molecule has 0 bridgehead atoms. The maximum Gasteiger partial charge on any atom is 0.303 e. The summed E-state index contributed by atoms with van der Waals surface area (Å²) in [5, 5.41) is 8.58. The molecule has 0 saturated carbocycles. The second-order valence-corrected chi connectivity index (χ2v) is 5.24. The molecule has 116 valence electrons. The first-order valence-electron chi connectivity index (χ1n) is 7.27. The van der Waals surface area contributed by atoms with Crippen molar-refractivity contribution in [1.82, 2.24) is 4.90 Å². The number of carboxylic acids is 1. The van der Waals surface area contributed by atoms with Crippen LogP contribution in [-0.2, 0) is 16.0 Å². The van der Waals surface area contributed by atoms with E-state index in [-0.39, 0.29) is 18.7 Å². The van der Waals surface area contributed by atoms with Crippen LogP contribution in [0.5, 0.6) is 0 Å². The van der Waals surface area contributed by atoms with Crippen LogP contribution >= 0.6 is 0 Å². The van der Waals surface area contributed by atoms with E-state index in [9.17, 15) is 9.59 Å². The monoisotopic (exact) mass is 292 g/mol. The normalized spacial score (nSPS) is 11.9. The molecular weight excluding hydrogens is 268 g/mol. The van der Waals surface area contributed by atoms with Gasteiger partial charge in [-0.1, -0.05) is 30.3 Å². The van der Waals surface area contributed by atoms with Crippen molar-refractivity contribution in [3.05, 3.63) is 35.9 Å². The third-order valence-corrected chi connectivity index (χ3v) is 3.41. The number of benzene rings is 1. The molecule has 1 aromatic rings. The van der Waals surface area contributed by atoms with E-state index in [1.807, 2.05) is 18.2 Å². The van der Waals surface area contributed by atoms with Crippen LogP contribution in [0.1, 0.15) is 31.2 Å². The van der Waals surface area contributed by atoms with Gasteiger partial charge in [0.2, 0.25) is 5.91 Å². The molecule has 5 heteroatoms. The van der Waals surface area contributed by atoms with Crippen LogP contribution < -0.4 is 5.73 Å². The highest BCUT2D eigenvalue weighted by atomic mass is 16.4. The van der Waals surface area contributed by atoms with Crippen LogP contribution in [-0.4, -0.2) is 41.5 Å². The molecule has 0 aliphatic heterocycles. The Morgan fingerprint density at radius 1 is 1.24 bits per heavy atom. The second-order valence-electron chi connectivity index (χ2n) is 5.24. The lowest BCUT2D eigenvalue weighted by atomic mass is 10.1. The number of carboxylic acid groups (broad SMARTS) is 1. The number of unbranched alkanes of at least 4 members (excludes halogenated alkanes) is 1. The molecule has 5 nitrogen and oxygen atoms in total. The number of rotatable bonds is 9. The lowest BCUT2D eigenvalue weighted by Gasteiger charge is -2.21. The predicted octanol–water partition coefficient (Wildman–Crippen LogP) is 1.66. The summed E-state index contributed by atoms with van der Waals surface area (Å²) in [4.78, 5) is 24.0. The van der Waals surface area contributed by atoms with E-state index >= 15 is 0 Å². The van der Waals surface area contributed by atoms with Gasteiger partial charge in [0.1, 0.15) is 0 Å². The van der Waals surface area contributed by atoms with Gasteiger partial charge in [0.15, 0.2) is 0 Å². The lowest BCUT2D eigenvalue weighted by Crippen LogP contribution is -2.42. The summed E-state index contributed by atoms with van der Waals surface area (Å²) < 4.78 is 0. The van der Waals surface area contributed by atoms with Crippen LogP contribution in [0.15, 0.2) is 30.3 Å². The maximum absolute atomic E-state index is 11.9. The van der Waals surface area contributed by atoms with Crippen LogP contribution in [0.3, 0.4) is 0 Å². The SMILES string of the molecule is CN(CCCCc1ccccc1)C(=O)C(N)CCC(=O)O. The average Bonchev–Trinajstić information content (AvgIpc) is 2.49. The Hall–Kier alpha value is -1.88. The van der Waals surface area contributed by atoms with Crippen LogP contribution in [0.25, 0.3) is 0 Å². The number of amides is 1. The highest BCUT2D eigenvalue weighted by molar-refractivity contribution is 5.82. The number of hydrogen-bond donors (Lipinski definition) is 2. The first-order chi connectivity index (χ1) is 10.0. The molecule has 0 fully saturated rings. The Bertz CT molecular complexity index is 448. The van der Waals surface area contributed by atoms with Crippen LogP contribution in [0.4, 0.5) is 0 Å². The Balaban J connectivity index is 2.21. The summed E-state index contributed by atoms with van der Waals surface area (Å²) in [5.41, 5.74) is 7.00. The van der Waals surface area contributed by atoms with Crippen LogP contribution in [0, 0.1) is 0 Å². The number of hydrogen-bond acceptors (Lipinski definition) is 3. The Kier molecular flexibility index (Phi) is 7.46. The van der Waals surface area contributed by atoms with E-state index in [2.05, 4.69) is 12.1 Å². The van der Waals surface area contributed by atoms with Crippen molar-refractivity contribution in [2.75, 3.05) is 13.6 Å². The van der Waals surface area contributed by atoms with Gasteiger partial charge in [-0.2, -0.15) is 0 Å². The van der Waals surface area contributed by atoms with E-state index in [4.69, 9.17) is 10.8 Å². The fraction of sp³-hybridized carbons (Fsp3) is 0.500. The Labute approximate surface area is 125 Å². The Morgan fingerprint density at radius 3 is 2.52 bits per heavy atom. The predicted molar refractivity (Wildman–Crippen MR) is 81.9 cm³/mol. The zero-order chi connectivity index (χ0) is 15.7. The van der Waals surface area contributed by atoms with Crippen LogP contribution in [0.2, 0.25) is 0 Å². The van der Waals surface area contributed by atoms with Crippen molar-refractivity contribution in [3.63, 3.8) is 0 Å². The third kappa shape index (κ3) is 6.90. The highest BCUT2D eigenvalue weighted by Gasteiger charge is 2.18. The minimum absolute atomic E-state index is 0.0746. The molecule has 1 rings (SSSR count). The molecule has 0 aromatic heterocycles. The fourth-order valence-corrected chi connectivity index (χ4v) is 2.12. The number of carbonyl (C=O) groups is 2. The molecule has 21 heavy (non-hydrogen) atoms. The molecular formula is C16H24N2O3. The van der Waals surface area contributed by atoms with Crippen molar-refractivity contribution in [2.24, 2.45) is 5.73 Å². The summed E-state index contributed by atoms with van der Waals surface area (Å²) in [6.07, 6.45) is 3.01. The maximum atomic E-state index is 11.9. The fourth-order valence-electron chi connectivity index (χ4n) is 2.12. The zero-order valence-corrected chi connectivity index (χ0v) is 12.5. The zero-order valence-electron chi connectivity index (χ0n) is 12.5. The van der Waals surface area contributed by atoms with Gasteiger partial charge in [-0.15, -0.1) is 0 Å². The third-order valence-electron chi connectivity index (χ3n) is 3.41. The van der Waals surface area contributed by atoms with Gasteiger partial charge >= 0.3 is 5.97 Å². The van der Waals surface area contributed by atoms with Crippen molar-refractivity contribution in [3.8, 4) is 0 Å². The average molecular weight is 292 g/mol. The molecule has 0 heterocycles. The first kappa shape index (κ1) is 17.2. The summed E-state index contributed by atoms with van der Waals surface area (Å²) in [6.45, 7) is 0.645. The number of likely N-dealkylation sites (N-methyl/N-ethyl adjacent to an activating group) is 1. The summed E-state index contributed by atoms with van der Waals surface area (Å²) in [7, 11) is 1.71. The van der Waals surface area contributed by atoms with Gasteiger partial charge < -0.3 is 15.7 Å². The number of nitrogens with two attached hydrogens (primary N) is 1. The van der Waals surface area contributed by atoms with Gasteiger partial charge in [-0.25, -0.2) is 0 Å². The number of aliphatic carboxylic acids is 1. The van der Waals surface area contributed by atoms with E-state index in [0.717, 1.165) is 19.3 Å². The van der Waals surface area contributed by atoms with Gasteiger partial charge in [-0.05, 0) is 31.2 Å². The van der Waals surface area contributed by atoms with Crippen molar-refractivity contribution < 1.29 is 14.7 Å². The molecule has 3 N–H and O–H groups in total. The molecule has 0 aliphatic carbocycles. The van der Waals surface area contributed by atoms with E-state index in [1.54, 1.807) is 11.9 Å². The molecule has 1 unspecified atom stereocenters. The summed E-state index contributed by atoms with van der Waals surface area (Å²) in [6, 6.07) is 9.50. The van der Waals surface area contributed by atoms with Crippen molar-refractivity contribution in [2.45, 2.75) is 38.1 Å². The summed E-state index contributed by atoms with van der Waals surface area (Å²) in [5.74, 6) is -1.11. The largest absolute Gasteiger partial charge is 0.481 e. The van der Waals surface area contributed by atoms with Crippen molar-refractivity contribution >= 4 is 11.9 Å². The topological polar surface area (TPSA) is 83.6 Å². The van der Waals surface area contributed by atoms with Gasteiger partial charge in [0.05, 0.1) is 6.04 Å². The minimum Gasteiger partial charge on any atom is -0.481 e. The molecule has 1 amide bonds. The standard InChI is InChI=1S/C16H24N2O3/c1-18(16(21)14(17)10-11-15(19)20)12-6-5-9-13-7-3-2-4-8-13/h2-4,7-8,14H,5-6,9-12,17H2,1H3,(H,19,20). The highest BCUT2D eigenvalue weighted by Crippen LogP contribution is 2.06. The van der Waals surface area contributed by atoms with Gasteiger partial charge in [0.25, 0.3) is 0 Å². The van der Waals surface area contributed by atoms with E-state index in [1.165, 1.54) is 5.56 Å². The van der Waals surface area contributed by atoms with Crippen molar-refractivity contribution in [1.29, 1.82) is 0 Å². The number of nitrogens with zero attached hydrogens (tertiary/aromatic N) is 1. The Morgan fingerprint density at radius 2 is 1.90 bits per heavy atom. The first-order valence-corrected chi connectivity index (χ1v) is 7.27.